The molecule has 0 bridgehead atoms. The van der Waals surface area contributed by atoms with Gasteiger partial charge in [0.25, 0.3) is 0 Å². The Balaban J connectivity index is 1.48. The monoisotopic (exact) mass is 293 g/mol. The zero-order valence-corrected chi connectivity index (χ0v) is 12.9. The Morgan fingerprint density at radius 3 is 2.81 bits per heavy atom. The van der Waals surface area contributed by atoms with Gasteiger partial charge in [-0.15, -0.1) is 0 Å². The summed E-state index contributed by atoms with van der Waals surface area (Å²) in [5, 5.41) is 6.66. The number of likely N-dealkylation sites (tertiary alicyclic amines) is 1. The molecule has 0 spiro atoms. The van der Waals surface area contributed by atoms with Crippen molar-refractivity contribution >= 4 is 11.8 Å². The summed E-state index contributed by atoms with van der Waals surface area (Å²) < 4.78 is 0. The molecule has 2 aliphatic heterocycles. The summed E-state index contributed by atoms with van der Waals surface area (Å²) in [5.41, 5.74) is 0. The van der Waals surface area contributed by atoms with Gasteiger partial charge in [-0.05, 0) is 31.6 Å². The molecule has 2 saturated heterocycles. The third-order valence-corrected chi connectivity index (χ3v) is 5.37. The van der Waals surface area contributed by atoms with E-state index in [4.69, 9.17) is 0 Å². The highest BCUT2D eigenvalue weighted by Crippen LogP contribution is 2.33. The lowest BCUT2D eigenvalue weighted by Gasteiger charge is -2.24. The third-order valence-electron chi connectivity index (χ3n) is 5.37. The van der Waals surface area contributed by atoms with Crippen LogP contribution < -0.4 is 10.6 Å². The number of rotatable bonds is 3. The summed E-state index contributed by atoms with van der Waals surface area (Å²) in [4.78, 5) is 26.0. The molecule has 118 valence electrons. The van der Waals surface area contributed by atoms with Gasteiger partial charge in [-0.3, -0.25) is 9.59 Å². The molecule has 2 heterocycles. The minimum atomic E-state index is -0.0194. The van der Waals surface area contributed by atoms with Crippen molar-refractivity contribution < 1.29 is 9.59 Å². The van der Waals surface area contributed by atoms with Crippen LogP contribution in [-0.2, 0) is 9.59 Å². The fourth-order valence-corrected chi connectivity index (χ4v) is 4.15. The van der Waals surface area contributed by atoms with E-state index in [0.29, 0.717) is 24.9 Å². The van der Waals surface area contributed by atoms with E-state index in [-0.39, 0.29) is 23.9 Å². The zero-order chi connectivity index (χ0) is 14.8. The lowest BCUT2D eigenvalue weighted by Crippen LogP contribution is -2.47. The average molecular weight is 293 g/mol. The van der Waals surface area contributed by atoms with Gasteiger partial charge in [-0.25, -0.2) is 0 Å². The van der Waals surface area contributed by atoms with E-state index < -0.39 is 0 Å². The molecule has 1 aliphatic carbocycles. The Bertz CT molecular complexity index is 398. The topological polar surface area (TPSA) is 61.4 Å². The lowest BCUT2D eigenvalue weighted by molar-refractivity contribution is -0.130. The van der Waals surface area contributed by atoms with Gasteiger partial charge in [-0.1, -0.05) is 19.8 Å². The number of fused-ring (bicyclic) bond motifs is 1. The molecule has 3 fully saturated rings. The molecule has 5 nitrogen and oxygen atoms in total. The summed E-state index contributed by atoms with van der Waals surface area (Å²) in [5.74, 6) is 1.02. The Morgan fingerprint density at radius 2 is 2.05 bits per heavy atom. The predicted molar refractivity (Wildman–Crippen MR) is 80.7 cm³/mol. The Kier molecular flexibility index (Phi) is 4.48. The van der Waals surface area contributed by atoms with Crippen molar-refractivity contribution in [2.45, 2.75) is 70.0 Å². The fourth-order valence-electron chi connectivity index (χ4n) is 4.15. The highest BCUT2D eigenvalue weighted by molar-refractivity contribution is 5.83. The van der Waals surface area contributed by atoms with Crippen molar-refractivity contribution in [1.82, 2.24) is 15.5 Å². The van der Waals surface area contributed by atoms with E-state index in [2.05, 4.69) is 10.6 Å². The second kappa shape index (κ2) is 6.34. The first-order valence-corrected chi connectivity index (χ1v) is 8.51. The van der Waals surface area contributed by atoms with Gasteiger partial charge in [0.05, 0.1) is 6.04 Å². The van der Waals surface area contributed by atoms with Crippen molar-refractivity contribution in [2.75, 3.05) is 13.1 Å². The van der Waals surface area contributed by atoms with Gasteiger partial charge in [0.1, 0.15) is 0 Å². The first kappa shape index (κ1) is 14.8. The van der Waals surface area contributed by atoms with E-state index >= 15 is 0 Å². The minimum absolute atomic E-state index is 0.0194. The maximum absolute atomic E-state index is 12.4. The lowest BCUT2D eigenvalue weighted by atomic mass is 9.85. The zero-order valence-electron chi connectivity index (χ0n) is 12.9. The van der Waals surface area contributed by atoms with Crippen molar-refractivity contribution in [1.29, 1.82) is 0 Å². The molecular formula is C16H27N3O2. The van der Waals surface area contributed by atoms with Gasteiger partial charge in [0.15, 0.2) is 0 Å². The van der Waals surface area contributed by atoms with Gasteiger partial charge >= 0.3 is 0 Å². The predicted octanol–water partition coefficient (Wildman–Crippen LogP) is 1.03. The van der Waals surface area contributed by atoms with Crippen LogP contribution in [0.5, 0.6) is 0 Å². The minimum Gasteiger partial charge on any atom is -0.350 e. The number of hydrogen-bond acceptors (Lipinski definition) is 3. The molecule has 4 unspecified atom stereocenters. The van der Waals surface area contributed by atoms with E-state index in [1.807, 2.05) is 11.8 Å². The summed E-state index contributed by atoms with van der Waals surface area (Å²) in [7, 11) is 0. The van der Waals surface area contributed by atoms with Crippen LogP contribution in [0.25, 0.3) is 0 Å². The highest BCUT2D eigenvalue weighted by atomic mass is 16.2. The highest BCUT2D eigenvalue weighted by Gasteiger charge is 2.39. The average Bonchev–Trinajstić information content (AvgIpc) is 3.12. The van der Waals surface area contributed by atoms with Crippen LogP contribution in [-0.4, -0.2) is 47.9 Å². The molecule has 3 rings (SSSR count). The normalized spacial score (nSPS) is 35.6. The van der Waals surface area contributed by atoms with Gasteiger partial charge in [0.2, 0.25) is 11.8 Å². The number of carbonyl (C=O) groups is 2. The Labute approximate surface area is 126 Å². The van der Waals surface area contributed by atoms with Crippen molar-refractivity contribution in [3.63, 3.8) is 0 Å². The Morgan fingerprint density at radius 1 is 1.24 bits per heavy atom. The van der Waals surface area contributed by atoms with Crippen LogP contribution in [0, 0.1) is 5.92 Å². The van der Waals surface area contributed by atoms with Crippen LogP contribution in [0.1, 0.15) is 51.9 Å². The van der Waals surface area contributed by atoms with Gasteiger partial charge in [0, 0.05) is 31.6 Å². The van der Waals surface area contributed by atoms with E-state index in [1.54, 1.807) is 0 Å². The van der Waals surface area contributed by atoms with Crippen LogP contribution in [0.2, 0.25) is 0 Å². The number of nitrogens with one attached hydrogen (secondary N) is 2. The van der Waals surface area contributed by atoms with Crippen molar-refractivity contribution in [3.05, 3.63) is 0 Å². The van der Waals surface area contributed by atoms with Gasteiger partial charge < -0.3 is 15.5 Å². The number of nitrogens with zero attached hydrogens (tertiary/aromatic N) is 1. The van der Waals surface area contributed by atoms with Crippen LogP contribution in [0.4, 0.5) is 0 Å². The van der Waals surface area contributed by atoms with Crippen LogP contribution in [0.15, 0.2) is 0 Å². The smallest absolute Gasteiger partial charge is 0.237 e. The summed E-state index contributed by atoms with van der Waals surface area (Å²) in [6.07, 6.45) is 7.51. The second-order valence-corrected chi connectivity index (χ2v) is 6.79. The molecular weight excluding hydrogens is 266 g/mol. The molecule has 5 heteroatoms. The maximum atomic E-state index is 12.4. The quantitative estimate of drug-likeness (QED) is 0.817. The molecule has 21 heavy (non-hydrogen) atoms. The number of amides is 2. The second-order valence-electron chi connectivity index (χ2n) is 6.79. The summed E-state index contributed by atoms with van der Waals surface area (Å²) in [6, 6.07) is 0.669. The van der Waals surface area contributed by atoms with E-state index in [1.165, 1.54) is 25.7 Å². The van der Waals surface area contributed by atoms with Crippen molar-refractivity contribution in [2.24, 2.45) is 5.92 Å². The first-order chi connectivity index (χ1) is 10.2. The first-order valence-electron chi connectivity index (χ1n) is 8.51. The maximum Gasteiger partial charge on any atom is 0.237 e. The molecule has 0 radical (unpaired) electrons. The standard InChI is InChI=1S/C16H27N3O2/c1-2-15(20)19-8-7-12(10-19)17-16(21)14-9-11-5-3-4-6-13(11)18-14/h11-14,18H,2-10H2,1H3,(H,17,21). The fraction of sp³-hybridized carbons (Fsp3) is 0.875. The number of carbonyl (C=O) groups excluding carboxylic acids is 2. The number of hydrogen-bond donors (Lipinski definition) is 2. The Hall–Kier alpha value is -1.10. The molecule has 0 aromatic heterocycles. The molecule has 4 atom stereocenters. The third kappa shape index (κ3) is 3.23. The molecule has 1 saturated carbocycles. The van der Waals surface area contributed by atoms with Crippen molar-refractivity contribution in [3.8, 4) is 0 Å². The molecule has 0 aromatic rings. The molecule has 0 aromatic carbocycles. The van der Waals surface area contributed by atoms with Crippen LogP contribution in [0.3, 0.4) is 0 Å². The van der Waals surface area contributed by atoms with E-state index in [0.717, 1.165) is 19.4 Å². The largest absolute Gasteiger partial charge is 0.350 e. The molecule has 2 N–H and O–H groups in total. The SMILES string of the molecule is CCC(=O)N1CCC(NC(=O)C2CC3CCCCC3N2)C1. The summed E-state index contributed by atoms with van der Waals surface area (Å²) in [6.45, 7) is 3.34. The molecule has 2 amide bonds. The van der Waals surface area contributed by atoms with Crippen LogP contribution >= 0.6 is 0 Å². The summed E-state index contributed by atoms with van der Waals surface area (Å²) >= 11 is 0. The van der Waals surface area contributed by atoms with E-state index in [9.17, 15) is 9.59 Å². The van der Waals surface area contributed by atoms with Gasteiger partial charge in [-0.2, -0.15) is 0 Å². The molecule has 3 aliphatic rings.